The first-order valence-corrected chi connectivity index (χ1v) is 11.7. The van der Waals surface area contributed by atoms with Gasteiger partial charge in [-0.1, -0.05) is 13.3 Å². The molecule has 0 radical (unpaired) electrons. The van der Waals surface area contributed by atoms with Crippen LogP contribution in [0.3, 0.4) is 0 Å². The molecular formula is C21H33N3O3S2. The zero-order valence-corrected chi connectivity index (χ0v) is 19.7. The summed E-state index contributed by atoms with van der Waals surface area (Å²) in [6.45, 7) is 9.14. The van der Waals surface area contributed by atoms with Crippen LogP contribution in [0.2, 0.25) is 0 Å². The van der Waals surface area contributed by atoms with Crippen LogP contribution in [0.25, 0.3) is 0 Å². The molecule has 1 aromatic heterocycles. The minimum atomic E-state index is -0.467. The lowest BCUT2D eigenvalue weighted by molar-refractivity contribution is 0.0601. The molecule has 0 aliphatic heterocycles. The number of nitrogens with one attached hydrogen (secondary N) is 2. The van der Waals surface area contributed by atoms with Gasteiger partial charge in [-0.15, -0.1) is 11.3 Å². The number of amides is 1. The van der Waals surface area contributed by atoms with E-state index < -0.39 is 5.97 Å². The van der Waals surface area contributed by atoms with E-state index in [1.807, 2.05) is 13.8 Å². The number of methoxy groups -OCH3 is 1. The summed E-state index contributed by atoms with van der Waals surface area (Å²) in [5.74, 6) is 0.271. The maximum absolute atomic E-state index is 12.9. The van der Waals surface area contributed by atoms with Gasteiger partial charge in [0, 0.05) is 19.1 Å². The molecule has 0 spiro atoms. The van der Waals surface area contributed by atoms with E-state index in [0.717, 1.165) is 18.8 Å². The van der Waals surface area contributed by atoms with Gasteiger partial charge in [0.15, 0.2) is 5.11 Å². The van der Waals surface area contributed by atoms with E-state index in [1.165, 1.54) is 37.7 Å². The van der Waals surface area contributed by atoms with Gasteiger partial charge in [0.1, 0.15) is 5.00 Å². The molecule has 2 N–H and O–H groups in total. The van der Waals surface area contributed by atoms with Gasteiger partial charge < -0.3 is 20.3 Å². The number of rotatable bonds is 7. The molecule has 0 aromatic carbocycles. The minimum Gasteiger partial charge on any atom is -0.465 e. The van der Waals surface area contributed by atoms with E-state index >= 15 is 0 Å². The number of nitrogens with zero attached hydrogens (tertiary/aromatic N) is 1. The molecule has 2 rings (SSSR count). The molecule has 0 unspecified atom stereocenters. The van der Waals surface area contributed by atoms with Crippen LogP contribution in [0, 0.1) is 12.8 Å². The van der Waals surface area contributed by atoms with Crippen molar-refractivity contribution in [3.63, 3.8) is 0 Å². The zero-order chi connectivity index (χ0) is 21.6. The van der Waals surface area contributed by atoms with Crippen molar-refractivity contribution in [1.29, 1.82) is 0 Å². The summed E-state index contributed by atoms with van der Waals surface area (Å²) in [7, 11) is 1.35. The second kappa shape index (κ2) is 10.9. The average Bonchev–Trinajstić information content (AvgIpc) is 3.04. The molecule has 29 heavy (non-hydrogen) atoms. The van der Waals surface area contributed by atoms with Gasteiger partial charge in [0.05, 0.1) is 17.6 Å². The lowest BCUT2D eigenvalue weighted by Crippen LogP contribution is -2.40. The molecule has 1 fully saturated rings. The quantitative estimate of drug-likeness (QED) is 0.479. The molecule has 1 heterocycles. The van der Waals surface area contributed by atoms with E-state index in [-0.39, 0.29) is 5.91 Å². The van der Waals surface area contributed by atoms with Crippen LogP contribution in [-0.2, 0) is 4.74 Å². The Morgan fingerprint density at radius 3 is 2.31 bits per heavy atom. The maximum atomic E-state index is 12.9. The summed E-state index contributed by atoms with van der Waals surface area (Å²) < 4.78 is 4.96. The molecular weight excluding hydrogens is 406 g/mol. The second-order valence-corrected chi connectivity index (χ2v) is 8.88. The summed E-state index contributed by atoms with van der Waals surface area (Å²) >= 11 is 6.77. The Hall–Kier alpha value is -1.67. The van der Waals surface area contributed by atoms with E-state index in [2.05, 4.69) is 17.6 Å². The van der Waals surface area contributed by atoms with Crippen LogP contribution in [0.1, 0.15) is 78.5 Å². The summed E-state index contributed by atoms with van der Waals surface area (Å²) in [6, 6.07) is 0.345. The largest absolute Gasteiger partial charge is 0.465 e. The lowest BCUT2D eigenvalue weighted by atomic mass is 9.85. The number of thiocarbonyl (C=S) groups is 1. The highest BCUT2D eigenvalue weighted by molar-refractivity contribution is 7.80. The summed E-state index contributed by atoms with van der Waals surface area (Å²) in [5.41, 5.74) is 1.01. The van der Waals surface area contributed by atoms with Crippen LogP contribution in [0.5, 0.6) is 0 Å². The predicted molar refractivity (Wildman–Crippen MR) is 123 cm³/mol. The number of hydrogen-bond donors (Lipinski definition) is 2. The van der Waals surface area contributed by atoms with Crippen LogP contribution < -0.4 is 10.6 Å². The highest BCUT2D eigenvalue weighted by atomic mass is 32.1. The first-order chi connectivity index (χ1) is 13.9. The fraction of sp³-hybridized carbons (Fsp3) is 0.667. The van der Waals surface area contributed by atoms with Gasteiger partial charge in [-0.2, -0.15) is 0 Å². The molecule has 6 nitrogen and oxygen atoms in total. The topological polar surface area (TPSA) is 70.7 Å². The molecule has 0 bridgehead atoms. The zero-order valence-electron chi connectivity index (χ0n) is 18.1. The Kier molecular flexibility index (Phi) is 8.89. The van der Waals surface area contributed by atoms with Crippen LogP contribution in [0.4, 0.5) is 5.00 Å². The molecule has 8 heteroatoms. The van der Waals surface area contributed by atoms with Crippen molar-refractivity contribution in [2.75, 3.05) is 25.5 Å². The number of anilines is 1. The third-order valence-electron chi connectivity index (χ3n) is 5.77. The van der Waals surface area contributed by atoms with E-state index in [4.69, 9.17) is 17.0 Å². The van der Waals surface area contributed by atoms with Crippen molar-refractivity contribution in [2.24, 2.45) is 5.92 Å². The number of ether oxygens (including phenoxy) is 1. The van der Waals surface area contributed by atoms with Crippen LogP contribution >= 0.6 is 23.6 Å². The van der Waals surface area contributed by atoms with Crippen molar-refractivity contribution in [1.82, 2.24) is 10.2 Å². The van der Waals surface area contributed by atoms with Gasteiger partial charge in [-0.05, 0) is 70.2 Å². The van der Waals surface area contributed by atoms with Gasteiger partial charge in [0.2, 0.25) is 0 Å². The Balaban J connectivity index is 2.18. The highest BCUT2D eigenvalue weighted by Crippen LogP contribution is 2.35. The monoisotopic (exact) mass is 439 g/mol. The molecule has 0 atom stereocenters. The SMILES string of the molecule is CCC1CCC(NC(=S)Nc2sc(C(=O)N(CC)CC)c(C)c2C(=O)OC)CC1. The molecule has 1 aliphatic rings. The fourth-order valence-electron chi connectivity index (χ4n) is 3.85. The van der Waals surface area contributed by atoms with Gasteiger partial charge in [-0.3, -0.25) is 4.79 Å². The second-order valence-electron chi connectivity index (χ2n) is 7.45. The Morgan fingerprint density at radius 2 is 1.79 bits per heavy atom. The smallest absolute Gasteiger partial charge is 0.341 e. The molecule has 1 saturated carbocycles. The van der Waals surface area contributed by atoms with E-state index in [0.29, 0.717) is 45.2 Å². The summed E-state index contributed by atoms with van der Waals surface area (Å²) in [4.78, 5) is 27.6. The number of carbonyl (C=O) groups is 2. The molecule has 1 aliphatic carbocycles. The third kappa shape index (κ3) is 5.69. The molecule has 1 aromatic rings. The van der Waals surface area contributed by atoms with Crippen molar-refractivity contribution in [3.8, 4) is 0 Å². The fourth-order valence-corrected chi connectivity index (χ4v) is 5.35. The van der Waals surface area contributed by atoms with Crippen molar-refractivity contribution < 1.29 is 14.3 Å². The van der Waals surface area contributed by atoms with Crippen LogP contribution in [-0.4, -0.2) is 48.1 Å². The standard InChI is InChI=1S/C21H33N3O3S2/c1-6-14-9-11-15(12-10-14)22-21(28)23-18-16(20(26)27-5)13(4)17(29-18)19(25)24(7-2)8-3/h14-15H,6-12H2,1-5H3,(H2,22,23,28). The highest BCUT2D eigenvalue weighted by Gasteiger charge is 2.28. The van der Waals surface area contributed by atoms with E-state index in [9.17, 15) is 9.59 Å². The van der Waals surface area contributed by atoms with Gasteiger partial charge in [0.25, 0.3) is 5.91 Å². The Bertz CT molecular complexity index is 736. The Morgan fingerprint density at radius 1 is 1.17 bits per heavy atom. The Labute approximate surface area is 183 Å². The summed E-state index contributed by atoms with van der Waals surface area (Å²) in [5, 5.41) is 7.58. The third-order valence-corrected chi connectivity index (χ3v) is 7.18. The van der Waals surface area contributed by atoms with Crippen LogP contribution in [0.15, 0.2) is 0 Å². The predicted octanol–water partition coefficient (Wildman–Crippen LogP) is 4.58. The number of carbonyl (C=O) groups excluding carboxylic acids is 2. The van der Waals surface area contributed by atoms with E-state index in [1.54, 1.807) is 11.8 Å². The molecule has 1 amide bonds. The summed E-state index contributed by atoms with van der Waals surface area (Å²) in [6.07, 6.45) is 5.85. The van der Waals surface area contributed by atoms with Gasteiger partial charge >= 0.3 is 5.97 Å². The number of esters is 1. The normalized spacial score (nSPS) is 18.8. The molecule has 0 saturated heterocycles. The minimum absolute atomic E-state index is 0.0764. The van der Waals surface area contributed by atoms with Crippen molar-refractivity contribution in [2.45, 2.75) is 65.8 Å². The van der Waals surface area contributed by atoms with Crippen molar-refractivity contribution >= 4 is 45.5 Å². The van der Waals surface area contributed by atoms with Gasteiger partial charge in [-0.25, -0.2) is 4.79 Å². The number of hydrogen-bond acceptors (Lipinski definition) is 5. The number of thiophene rings is 1. The first-order valence-electron chi connectivity index (χ1n) is 10.4. The lowest BCUT2D eigenvalue weighted by Gasteiger charge is -2.29. The molecule has 162 valence electrons. The average molecular weight is 440 g/mol. The first kappa shape index (κ1) is 23.6. The van der Waals surface area contributed by atoms with Crippen molar-refractivity contribution in [3.05, 3.63) is 16.0 Å². The maximum Gasteiger partial charge on any atom is 0.341 e.